The van der Waals surface area contributed by atoms with Gasteiger partial charge in [0.25, 0.3) is 0 Å². The molecular weight excluding hydrogens is 278 g/mol. The summed E-state index contributed by atoms with van der Waals surface area (Å²) < 4.78 is 10.2. The molecule has 0 fully saturated rings. The number of hydrogen-bond acceptors (Lipinski definition) is 4. The molecule has 0 bridgehead atoms. The van der Waals surface area contributed by atoms with Crippen molar-refractivity contribution in [2.24, 2.45) is 0 Å². The van der Waals surface area contributed by atoms with Gasteiger partial charge in [0.05, 0.1) is 7.11 Å². The van der Waals surface area contributed by atoms with Crippen molar-refractivity contribution in [2.45, 2.75) is 6.61 Å². The highest BCUT2D eigenvalue weighted by Gasteiger charge is 2.08. The van der Waals surface area contributed by atoms with E-state index in [1.54, 1.807) is 24.3 Å². The number of ether oxygens (including phenoxy) is 2. The van der Waals surface area contributed by atoms with Crippen molar-refractivity contribution in [3.63, 3.8) is 0 Å². The molecule has 2 aromatic carbocycles. The van der Waals surface area contributed by atoms with Crippen LogP contribution < -0.4 is 4.74 Å². The largest absolute Gasteiger partial charge is 0.489 e. The molecular formula is C18H15NO3. The van der Waals surface area contributed by atoms with Gasteiger partial charge in [-0.3, -0.25) is 0 Å². The van der Waals surface area contributed by atoms with E-state index in [0.29, 0.717) is 6.61 Å². The number of methoxy groups -OCH3 is 1. The van der Waals surface area contributed by atoms with Crippen LogP contribution in [0.25, 0.3) is 6.08 Å². The van der Waals surface area contributed by atoms with Crippen LogP contribution in [0.3, 0.4) is 0 Å². The van der Waals surface area contributed by atoms with Gasteiger partial charge in [0, 0.05) is 0 Å². The third kappa shape index (κ3) is 4.22. The summed E-state index contributed by atoms with van der Waals surface area (Å²) in [6.07, 6.45) is 1.48. The van der Waals surface area contributed by atoms with Crippen LogP contribution >= 0.6 is 0 Å². The molecule has 0 N–H and O–H groups in total. The first-order valence-electron chi connectivity index (χ1n) is 6.70. The molecule has 0 amide bonds. The molecule has 0 aliphatic carbocycles. The lowest BCUT2D eigenvalue weighted by molar-refractivity contribution is -0.135. The zero-order valence-electron chi connectivity index (χ0n) is 12.2. The molecule has 0 unspecified atom stereocenters. The number of hydrogen-bond donors (Lipinski definition) is 0. The van der Waals surface area contributed by atoms with Crippen molar-refractivity contribution in [3.8, 4) is 11.8 Å². The fraction of sp³-hybridized carbons (Fsp3) is 0.111. The summed E-state index contributed by atoms with van der Waals surface area (Å²) in [7, 11) is 1.24. The first-order valence-corrected chi connectivity index (χ1v) is 6.70. The van der Waals surface area contributed by atoms with Gasteiger partial charge in [0.15, 0.2) is 0 Å². The Balaban J connectivity index is 2.03. The number of benzene rings is 2. The molecule has 0 saturated heterocycles. The molecule has 0 aromatic heterocycles. The first kappa shape index (κ1) is 15.3. The normalized spacial score (nSPS) is 10.6. The molecule has 0 aliphatic heterocycles. The van der Waals surface area contributed by atoms with Crippen molar-refractivity contribution in [1.82, 2.24) is 0 Å². The second kappa shape index (κ2) is 7.65. The average molecular weight is 293 g/mol. The Kier molecular flexibility index (Phi) is 5.33. The van der Waals surface area contributed by atoms with Gasteiger partial charge in [-0.1, -0.05) is 42.5 Å². The first-order chi connectivity index (χ1) is 10.7. The van der Waals surface area contributed by atoms with E-state index in [4.69, 9.17) is 10.00 Å². The summed E-state index contributed by atoms with van der Waals surface area (Å²) in [6, 6.07) is 18.8. The number of carbonyl (C=O) groups is 1. The summed E-state index contributed by atoms with van der Waals surface area (Å²) in [5, 5.41) is 8.91. The third-order valence-electron chi connectivity index (χ3n) is 2.97. The van der Waals surface area contributed by atoms with Gasteiger partial charge in [-0.2, -0.15) is 5.26 Å². The van der Waals surface area contributed by atoms with Crippen molar-refractivity contribution in [3.05, 3.63) is 71.3 Å². The van der Waals surface area contributed by atoms with Crippen LogP contribution in [-0.4, -0.2) is 13.1 Å². The number of esters is 1. The van der Waals surface area contributed by atoms with Gasteiger partial charge in [-0.15, -0.1) is 0 Å². The fourth-order valence-electron chi connectivity index (χ4n) is 1.81. The molecule has 0 radical (unpaired) electrons. The maximum absolute atomic E-state index is 11.3. The molecule has 2 aromatic rings. The lowest BCUT2D eigenvalue weighted by Gasteiger charge is -2.06. The van der Waals surface area contributed by atoms with E-state index in [-0.39, 0.29) is 5.57 Å². The van der Waals surface area contributed by atoms with Gasteiger partial charge in [-0.25, -0.2) is 4.79 Å². The van der Waals surface area contributed by atoms with E-state index in [1.807, 2.05) is 36.4 Å². The molecule has 0 spiro atoms. The Morgan fingerprint density at radius 3 is 2.41 bits per heavy atom. The van der Waals surface area contributed by atoms with Gasteiger partial charge in [-0.05, 0) is 29.3 Å². The standard InChI is InChI=1S/C18H15NO3/c1-21-18(20)16(12-19)11-14-7-9-17(10-8-14)22-13-15-5-3-2-4-6-15/h2-11H,13H2,1H3/b16-11-. The third-order valence-corrected chi connectivity index (χ3v) is 2.97. The lowest BCUT2D eigenvalue weighted by Crippen LogP contribution is -2.02. The summed E-state index contributed by atoms with van der Waals surface area (Å²) >= 11 is 0. The summed E-state index contributed by atoms with van der Waals surface area (Å²) in [4.78, 5) is 11.3. The maximum Gasteiger partial charge on any atom is 0.348 e. The quantitative estimate of drug-likeness (QED) is 0.482. The summed E-state index contributed by atoms with van der Waals surface area (Å²) in [5.41, 5.74) is 1.78. The molecule has 2 rings (SSSR count). The minimum atomic E-state index is -0.646. The van der Waals surface area contributed by atoms with Crippen molar-refractivity contribution in [1.29, 1.82) is 5.26 Å². The van der Waals surface area contributed by atoms with E-state index >= 15 is 0 Å². The molecule has 0 saturated carbocycles. The molecule has 22 heavy (non-hydrogen) atoms. The SMILES string of the molecule is COC(=O)/C(C#N)=C\c1ccc(OCc2ccccc2)cc1. The smallest absolute Gasteiger partial charge is 0.348 e. The van der Waals surface area contributed by atoms with Crippen LogP contribution in [0, 0.1) is 11.3 Å². The van der Waals surface area contributed by atoms with E-state index < -0.39 is 5.97 Å². The average Bonchev–Trinajstić information content (AvgIpc) is 2.59. The second-order valence-corrected chi connectivity index (χ2v) is 4.50. The second-order valence-electron chi connectivity index (χ2n) is 4.50. The van der Waals surface area contributed by atoms with Crippen molar-refractivity contribution >= 4 is 12.0 Å². The summed E-state index contributed by atoms with van der Waals surface area (Å²) in [6.45, 7) is 0.488. The van der Waals surface area contributed by atoms with Gasteiger partial charge in [0.1, 0.15) is 24.0 Å². The molecule has 0 aliphatic rings. The molecule has 0 heterocycles. The highest BCUT2D eigenvalue weighted by Crippen LogP contribution is 2.16. The van der Waals surface area contributed by atoms with E-state index in [0.717, 1.165) is 16.9 Å². The predicted molar refractivity (Wildman–Crippen MR) is 82.8 cm³/mol. The van der Waals surface area contributed by atoms with Crippen LogP contribution in [0.15, 0.2) is 60.2 Å². The Bertz CT molecular complexity index is 697. The minimum Gasteiger partial charge on any atom is -0.489 e. The topological polar surface area (TPSA) is 59.3 Å². The number of nitriles is 1. The molecule has 110 valence electrons. The summed E-state index contributed by atoms with van der Waals surface area (Å²) in [5.74, 6) is 0.0736. The van der Waals surface area contributed by atoms with Gasteiger partial charge >= 0.3 is 5.97 Å². The maximum atomic E-state index is 11.3. The van der Waals surface area contributed by atoms with E-state index in [2.05, 4.69) is 4.74 Å². The zero-order valence-corrected chi connectivity index (χ0v) is 12.2. The zero-order chi connectivity index (χ0) is 15.8. The number of nitrogens with zero attached hydrogens (tertiary/aromatic N) is 1. The Morgan fingerprint density at radius 2 is 1.82 bits per heavy atom. The van der Waals surface area contributed by atoms with Crippen LogP contribution in [0.2, 0.25) is 0 Å². The van der Waals surface area contributed by atoms with Crippen LogP contribution in [-0.2, 0) is 16.1 Å². The molecule has 4 nitrogen and oxygen atoms in total. The molecule has 4 heteroatoms. The van der Waals surface area contributed by atoms with E-state index in [9.17, 15) is 4.79 Å². The fourth-order valence-corrected chi connectivity index (χ4v) is 1.81. The van der Waals surface area contributed by atoms with Crippen LogP contribution in [0.4, 0.5) is 0 Å². The highest BCUT2D eigenvalue weighted by molar-refractivity contribution is 5.97. The van der Waals surface area contributed by atoms with Gasteiger partial charge in [0.2, 0.25) is 0 Å². The Morgan fingerprint density at radius 1 is 1.14 bits per heavy atom. The molecule has 0 atom stereocenters. The minimum absolute atomic E-state index is 0.0412. The van der Waals surface area contributed by atoms with Crippen molar-refractivity contribution in [2.75, 3.05) is 7.11 Å². The monoisotopic (exact) mass is 293 g/mol. The van der Waals surface area contributed by atoms with Crippen molar-refractivity contribution < 1.29 is 14.3 Å². The van der Waals surface area contributed by atoms with Gasteiger partial charge < -0.3 is 9.47 Å². The Hall–Kier alpha value is -3.06. The number of rotatable bonds is 5. The van der Waals surface area contributed by atoms with Crippen LogP contribution in [0.5, 0.6) is 5.75 Å². The number of carbonyl (C=O) groups excluding carboxylic acids is 1. The predicted octanol–water partition coefficient (Wildman–Crippen LogP) is 3.35. The Labute approximate surface area is 129 Å². The lowest BCUT2D eigenvalue weighted by atomic mass is 10.1. The highest BCUT2D eigenvalue weighted by atomic mass is 16.5. The van der Waals surface area contributed by atoms with Crippen LogP contribution in [0.1, 0.15) is 11.1 Å². The van der Waals surface area contributed by atoms with E-state index in [1.165, 1.54) is 13.2 Å².